The maximum atomic E-state index is 5.99. The Morgan fingerprint density at radius 3 is 2.67 bits per heavy atom. The molecular weight excluding hydrogens is 352 g/mol. The number of benzene rings is 1. The van der Waals surface area contributed by atoms with Crippen LogP contribution in [0.15, 0.2) is 24.3 Å². The average Bonchev–Trinajstić information content (AvgIpc) is 2.36. The van der Waals surface area contributed by atoms with E-state index in [0.29, 0.717) is 6.10 Å². The first kappa shape index (κ1) is 16.3. The molecule has 0 spiro atoms. The molecule has 2 radical (unpaired) electrons. The van der Waals surface area contributed by atoms with Crippen molar-refractivity contribution in [3.63, 3.8) is 0 Å². The molecule has 4 heteroatoms. The van der Waals surface area contributed by atoms with Crippen LogP contribution < -0.4 is 5.73 Å². The quantitative estimate of drug-likeness (QED) is 0.706. The molecule has 2 unspecified atom stereocenters. The normalized spacial score (nSPS) is 14.4. The molecule has 0 saturated carbocycles. The molecule has 0 aliphatic rings. The van der Waals surface area contributed by atoms with E-state index < -0.39 is 20.4 Å². The number of aryl methyl sites for hydroxylation is 1. The Bertz CT molecular complexity index is 340. The van der Waals surface area contributed by atoms with Crippen molar-refractivity contribution < 1.29 is 3.07 Å². The second kappa shape index (κ2) is 9.18. The molecule has 0 fully saturated rings. The van der Waals surface area contributed by atoms with Gasteiger partial charge in [-0.1, -0.05) is 0 Å². The van der Waals surface area contributed by atoms with Gasteiger partial charge in [-0.2, -0.15) is 0 Å². The zero-order valence-corrected chi connectivity index (χ0v) is 14.8. The molecule has 2 nitrogen and oxygen atoms in total. The molecule has 0 amide bonds. The van der Waals surface area contributed by atoms with Gasteiger partial charge in [0, 0.05) is 0 Å². The van der Waals surface area contributed by atoms with Crippen molar-refractivity contribution in [2.75, 3.05) is 0 Å². The van der Waals surface area contributed by atoms with E-state index in [4.69, 9.17) is 17.7 Å². The van der Waals surface area contributed by atoms with Gasteiger partial charge in [-0.05, 0) is 0 Å². The fraction of sp³-hybridized carbons (Fsp3) is 0.571. The summed E-state index contributed by atoms with van der Waals surface area (Å²) in [5.74, 6) is 0. The van der Waals surface area contributed by atoms with E-state index >= 15 is 0 Å². The Morgan fingerprint density at radius 1 is 1.33 bits per heavy atom. The number of halogens is 1. The number of hydrogen-bond donors (Lipinski definition) is 1. The van der Waals surface area contributed by atoms with Crippen LogP contribution in [0.25, 0.3) is 0 Å². The molecule has 0 aliphatic carbocycles. The van der Waals surface area contributed by atoms with Gasteiger partial charge in [-0.25, -0.2) is 0 Å². The number of hydrogen-bond acceptors (Lipinski definition) is 2. The van der Waals surface area contributed by atoms with E-state index in [1.807, 2.05) is 6.92 Å². The molecule has 0 heterocycles. The molecule has 0 saturated heterocycles. The maximum absolute atomic E-state index is 5.99. The van der Waals surface area contributed by atoms with Crippen LogP contribution in [-0.2, 0) is 9.49 Å². The summed E-state index contributed by atoms with van der Waals surface area (Å²) in [6, 6.07) is 8.51. The van der Waals surface area contributed by atoms with Gasteiger partial charge < -0.3 is 0 Å². The van der Waals surface area contributed by atoms with E-state index in [0.717, 1.165) is 25.7 Å². The van der Waals surface area contributed by atoms with Crippen LogP contribution >= 0.6 is 8.92 Å². The van der Waals surface area contributed by atoms with E-state index in [1.165, 1.54) is 11.1 Å². The summed E-state index contributed by atoms with van der Waals surface area (Å²) in [7, 11) is 5.82. The van der Waals surface area contributed by atoms with Crippen LogP contribution in [0.3, 0.4) is 0 Å². The number of nitrogens with two attached hydrogens (primary N) is 1. The predicted molar refractivity (Wildman–Crippen MR) is 78.8 cm³/mol. The minimum atomic E-state index is -1.08. The monoisotopic (exact) mass is 375 g/mol. The molecule has 0 aliphatic heterocycles. The second-order valence-corrected chi connectivity index (χ2v) is 6.78. The van der Waals surface area contributed by atoms with Crippen molar-refractivity contribution in [1.29, 1.82) is 0 Å². The van der Waals surface area contributed by atoms with E-state index in [1.54, 1.807) is 0 Å². The van der Waals surface area contributed by atoms with Crippen molar-refractivity contribution in [1.82, 2.24) is 0 Å². The summed E-state index contributed by atoms with van der Waals surface area (Å²) in [6.07, 6.45) is 4.66. The summed E-state index contributed by atoms with van der Waals surface area (Å²) in [6.45, 7) is 4.22. The van der Waals surface area contributed by atoms with Gasteiger partial charge in [0.2, 0.25) is 0 Å². The van der Waals surface area contributed by atoms with Crippen molar-refractivity contribution in [3.05, 3.63) is 35.4 Å². The van der Waals surface area contributed by atoms with E-state index in [9.17, 15) is 0 Å². The van der Waals surface area contributed by atoms with Crippen molar-refractivity contribution in [2.24, 2.45) is 5.73 Å². The summed E-state index contributed by atoms with van der Waals surface area (Å²) in [5, 5.41) is 0. The first-order valence-corrected chi connectivity index (χ1v) is 11.3. The fourth-order valence-corrected chi connectivity index (χ4v) is 4.05. The van der Waals surface area contributed by atoms with E-state index in [-0.39, 0.29) is 6.04 Å². The minimum absolute atomic E-state index is 0.0937. The van der Waals surface area contributed by atoms with Crippen LogP contribution in [0.1, 0.15) is 50.3 Å². The Kier molecular flexibility index (Phi) is 8.31. The summed E-state index contributed by atoms with van der Waals surface area (Å²) >= 11 is -1.08. The van der Waals surface area contributed by atoms with E-state index in [2.05, 4.69) is 31.2 Å². The molecule has 100 valence electrons. The first-order chi connectivity index (χ1) is 8.69. The third kappa shape index (κ3) is 5.47. The van der Waals surface area contributed by atoms with Gasteiger partial charge in [0.25, 0.3) is 0 Å². The molecule has 2 N–H and O–H groups in total. The van der Waals surface area contributed by atoms with Gasteiger partial charge in [-0.3, -0.25) is 0 Å². The zero-order chi connectivity index (χ0) is 13.4. The van der Waals surface area contributed by atoms with Crippen LogP contribution in [-0.4, -0.2) is 26.5 Å². The first-order valence-electron chi connectivity index (χ1n) is 6.53. The van der Waals surface area contributed by atoms with Crippen LogP contribution in [0.4, 0.5) is 0 Å². The SMILES string of the molecule is CCCC(CCc1ccccc1C(C)N)[O][Sn][Cl]. The molecule has 18 heavy (non-hydrogen) atoms. The summed E-state index contributed by atoms with van der Waals surface area (Å²) in [5.41, 5.74) is 8.59. The third-order valence-electron chi connectivity index (χ3n) is 3.10. The van der Waals surface area contributed by atoms with Crippen molar-refractivity contribution in [3.8, 4) is 0 Å². The Hall–Kier alpha value is 0.229. The van der Waals surface area contributed by atoms with Gasteiger partial charge >= 0.3 is 125 Å². The summed E-state index contributed by atoms with van der Waals surface area (Å²) < 4.78 is 5.71. The Morgan fingerprint density at radius 2 is 2.06 bits per heavy atom. The standard InChI is InChI=1S/C14H22NO.ClH.Sn/c1-3-6-13(16)10-9-12-7-4-5-8-14(12)11(2)15;;/h4-5,7-8,11,13H,3,6,9-10,15H2,1-2H3;1H;/q-1;;+2/p-1. The Labute approximate surface area is 125 Å². The molecule has 1 aromatic carbocycles. The second-order valence-electron chi connectivity index (χ2n) is 4.63. The molecule has 0 bridgehead atoms. The molecule has 1 rings (SSSR count). The molecular formula is C14H22ClNOSn. The topological polar surface area (TPSA) is 35.2 Å². The van der Waals surface area contributed by atoms with Crippen molar-refractivity contribution in [2.45, 2.75) is 51.7 Å². The average molecular weight is 374 g/mol. The Balaban J connectivity index is 2.61. The molecule has 0 aromatic heterocycles. The zero-order valence-electron chi connectivity index (χ0n) is 11.2. The van der Waals surface area contributed by atoms with Gasteiger partial charge in [-0.15, -0.1) is 0 Å². The van der Waals surface area contributed by atoms with Crippen LogP contribution in [0.2, 0.25) is 0 Å². The predicted octanol–water partition coefficient (Wildman–Crippen LogP) is 3.60. The van der Waals surface area contributed by atoms with Crippen LogP contribution in [0.5, 0.6) is 0 Å². The third-order valence-corrected chi connectivity index (χ3v) is 4.91. The van der Waals surface area contributed by atoms with Gasteiger partial charge in [0.05, 0.1) is 0 Å². The summed E-state index contributed by atoms with van der Waals surface area (Å²) in [4.78, 5) is 0. The van der Waals surface area contributed by atoms with Crippen molar-refractivity contribution >= 4 is 29.4 Å². The van der Waals surface area contributed by atoms with Gasteiger partial charge in [0.15, 0.2) is 0 Å². The fourth-order valence-electron chi connectivity index (χ4n) is 2.17. The van der Waals surface area contributed by atoms with Gasteiger partial charge in [0.1, 0.15) is 0 Å². The molecule has 1 aromatic rings. The molecule has 2 atom stereocenters. The number of rotatable bonds is 8. The van der Waals surface area contributed by atoms with Crippen LogP contribution in [0, 0.1) is 0 Å².